The van der Waals surface area contributed by atoms with E-state index in [-0.39, 0.29) is 0 Å². The van der Waals surface area contributed by atoms with E-state index < -0.39 is 0 Å². The molecule has 0 saturated carbocycles. The molecule has 0 radical (unpaired) electrons. The van der Waals surface area contributed by atoms with E-state index in [1.54, 1.807) is 11.3 Å². The lowest BCUT2D eigenvalue weighted by Gasteiger charge is -2.06. The number of aryl methyl sites for hydroxylation is 2. The van der Waals surface area contributed by atoms with Crippen molar-refractivity contribution in [2.24, 2.45) is 5.84 Å². The lowest BCUT2D eigenvalue weighted by molar-refractivity contribution is 0.839. The van der Waals surface area contributed by atoms with Crippen molar-refractivity contribution in [3.05, 3.63) is 33.7 Å². The summed E-state index contributed by atoms with van der Waals surface area (Å²) in [5.74, 6) is 6.86. The Kier molecular flexibility index (Phi) is 4.22. The SMILES string of the molecule is CCCc1cc(NN)nc(Cc2nc(C)cs2)n1. The van der Waals surface area contributed by atoms with E-state index in [9.17, 15) is 0 Å². The second-order valence-electron chi connectivity index (χ2n) is 4.11. The van der Waals surface area contributed by atoms with Gasteiger partial charge in [-0.2, -0.15) is 0 Å². The number of nitrogens with zero attached hydrogens (tertiary/aromatic N) is 3. The van der Waals surface area contributed by atoms with Gasteiger partial charge in [0.2, 0.25) is 0 Å². The van der Waals surface area contributed by atoms with Crippen LogP contribution in [0.1, 0.15) is 35.6 Å². The summed E-state index contributed by atoms with van der Waals surface area (Å²) in [5.41, 5.74) is 4.65. The molecule has 0 unspecified atom stereocenters. The molecule has 2 rings (SSSR count). The third-order valence-corrected chi connectivity index (χ3v) is 3.42. The molecule has 0 fully saturated rings. The third kappa shape index (κ3) is 3.24. The van der Waals surface area contributed by atoms with Crippen LogP contribution < -0.4 is 11.3 Å². The monoisotopic (exact) mass is 263 g/mol. The maximum atomic E-state index is 5.43. The molecule has 0 aromatic carbocycles. The van der Waals surface area contributed by atoms with Crippen LogP contribution in [0.15, 0.2) is 11.4 Å². The van der Waals surface area contributed by atoms with Gasteiger partial charge < -0.3 is 5.43 Å². The first-order valence-electron chi connectivity index (χ1n) is 5.95. The van der Waals surface area contributed by atoms with Crippen molar-refractivity contribution in [3.63, 3.8) is 0 Å². The Morgan fingerprint density at radius 3 is 2.78 bits per heavy atom. The van der Waals surface area contributed by atoms with Crippen LogP contribution >= 0.6 is 11.3 Å². The zero-order chi connectivity index (χ0) is 13.0. The van der Waals surface area contributed by atoms with E-state index in [1.807, 2.05) is 18.4 Å². The molecule has 0 bridgehead atoms. The standard InChI is InChI=1S/C12H17N5S/c1-3-4-9-5-11(17-13)16-10(15-9)6-12-14-8(2)7-18-12/h5,7H,3-4,6,13H2,1-2H3,(H,15,16,17). The summed E-state index contributed by atoms with van der Waals surface area (Å²) in [6.45, 7) is 4.11. The van der Waals surface area contributed by atoms with E-state index in [0.717, 1.165) is 35.1 Å². The molecular formula is C12H17N5S. The van der Waals surface area contributed by atoms with Gasteiger partial charge in [0.15, 0.2) is 0 Å². The van der Waals surface area contributed by atoms with Gasteiger partial charge in [-0.1, -0.05) is 13.3 Å². The first kappa shape index (κ1) is 12.9. The highest BCUT2D eigenvalue weighted by atomic mass is 32.1. The maximum absolute atomic E-state index is 5.43. The van der Waals surface area contributed by atoms with Gasteiger partial charge in [0.05, 0.1) is 6.42 Å². The van der Waals surface area contributed by atoms with Gasteiger partial charge in [0, 0.05) is 22.8 Å². The number of rotatable bonds is 5. The summed E-state index contributed by atoms with van der Waals surface area (Å²) in [7, 11) is 0. The highest BCUT2D eigenvalue weighted by Gasteiger charge is 2.07. The normalized spacial score (nSPS) is 10.6. The molecular weight excluding hydrogens is 246 g/mol. The Bertz CT molecular complexity index is 523. The number of hydrogen-bond acceptors (Lipinski definition) is 6. The molecule has 0 aliphatic rings. The van der Waals surface area contributed by atoms with Gasteiger partial charge in [-0.25, -0.2) is 20.8 Å². The molecule has 5 nitrogen and oxygen atoms in total. The lowest BCUT2D eigenvalue weighted by atomic mass is 10.2. The van der Waals surface area contributed by atoms with Crippen LogP contribution in [-0.4, -0.2) is 15.0 Å². The first-order chi connectivity index (χ1) is 8.71. The zero-order valence-corrected chi connectivity index (χ0v) is 11.4. The molecule has 2 aromatic heterocycles. The predicted molar refractivity (Wildman–Crippen MR) is 73.5 cm³/mol. The number of nitrogens with one attached hydrogen (secondary N) is 1. The Hall–Kier alpha value is -1.53. The number of anilines is 1. The van der Waals surface area contributed by atoms with Gasteiger partial charge in [-0.05, 0) is 13.3 Å². The van der Waals surface area contributed by atoms with E-state index in [0.29, 0.717) is 12.2 Å². The van der Waals surface area contributed by atoms with Crippen LogP contribution in [0.3, 0.4) is 0 Å². The number of hydrogen-bond donors (Lipinski definition) is 2. The average Bonchev–Trinajstić information content (AvgIpc) is 2.75. The van der Waals surface area contributed by atoms with Crippen LogP contribution in [-0.2, 0) is 12.8 Å². The minimum absolute atomic E-state index is 0.657. The van der Waals surface area contributed by atoms with Crippen molar-refractivity contribution < 1.29 is 0 Å². The van der Waals surface area contributed by atoms with E-state index in [2.05, 4.69) is 27.3 Å². The molecule has 0 saturated heterocycles. The number of aromatic nitrogens is 3. The van der Waals surface area contributed by atoms with Gasteiger partial charge in [0.25, 0.3) is 0 Å². The van der Waals surface area contributed by atoms with Crippen LogP contribution in [0.5, 0.6) is 0 Å². The Morgan fingerprint density at radius 2 is 2.17 bits per heavy atom. The Labute approximate surface area is 110 Å². The fourth-order valence-electron chi connectivity index (χ4n) is 1.71. The predicted octanol–water partition coefficient (Wildman–Crippen LogP) is 2.07. The van der Waals surface area contributed by atoms with Crippen molar-refractivity contribution in [2.45, 2.75) is 33.1 Å². The van der Waals surface area contributed by atoms with Gasteiger partial charge >= 0.3 is 0 Å². The minimum atomic E-state index is 0.657. The molecule has 96 valence electrons. The summed E-state index contributed by atoms with van der Waals surface area (Å²) < 4.78 is 0. The highest BCUT2D eigenvalue weighted by molar-refractivity contribution is 7.09. The molecule has 2 heterocycles. The van der Waals surface area contributed by atoms with Crippen molar-refractivity contribution in [3.8, 4) is 0 Å². The topological polar surface area (TPSA) is 76.7 Å². The second kappa shape index (κ2) is 5.88. The zero-order valence-electron chi connectivity index (χ0n) is 10.6. The minimum Gasteiger partial charge on any atom is -0.308 e. The quantitative estimate of drug-likeness (QED) is 0.638. The lowest BCUT2D eigenvalue weighted by Crippen LogP contribution is -2.12. The van der Waals surface area contributed by atoms with E-state index in [1.165, 1.54) is 0 Å². The molecule has 0 spiro atoms. The van der Waals surface area contributed by atoms with Gasteiger partial charge in [-0.15, -0.1) is 11.3 Å². The summed E-state index contributed by atoms with van der Waals surface area (Å²) in [4.78, 5) is 13.3. The first-order valence-corrected chi connectivity index (χ1v) is 6.83. The van der Waals surface area contributed by atoms with Crippen LogP contribution in [0, 0.1) is 6.92 Å². The summed E-state index contributed by atoms with van der Waals surface area (Å²) in [6.07, 6.45) is 2.64. The highest BCUT2D eigenvalue weighted by Crippen LogP contribution is 2.14. The smallest absolute Gasteiger partial charge is 0.143 e. The largest absolute Gasteiger partial charge is 0.308 e. The van der Waals surface area contributed by atoms with Crippen LogP contribution in [0.4, 0.5) is 5.82 Å². The average molecular weight is 263 g/mol. The molecule has 18 heavy (non-hydrogen) atoms. The Balaban J connectivity index is 2.23. The van der Waals surface area contributed by atoms with E-state index in [4.69, 9.17) is 5.84 Å². The molecule has 0 amide bonds. The number of hydrazine groups is 1. The van der Waals surface area contributed by atoms with Crippen LogP contribution in [0.2, 0.25) is 0 Å². The molecule has 6 heteroatoms. The summed E-state index contributed by atoms with van der Waals surface area (Å²) >= 11 is 1.63. The van der Waals surface area contributed by atoms with E-state index >= 15 is 0 Å². The summed E-state index contributed by atoms with van der Waals surface area (Å²) in [6, 6.07) is 1.89. The van der Waals surface area contributed by atoms with Crippen molar-refractivity contribution >= 4 is 17.2 Å². The van der Waals surface area contributed by atoms with Crippen molar-refractivity contribution in [1.82, 2.24) is 15.0 Å². The molecule has 3 N–H and O–H groups in total. The second-order valence-corrected chi connectivity index (χ2v) is 5.06. The van der Waals surface area contributed by atoms with Gasteiger partial charge in [0.1, 0.15) is 16.6 Å². The molecule has 2 aromatic rings. The summed E-state index contributed by atoms with van der Waals surface area (Å²) in [5, 5.41) is 3.07. The van der Waals surface area contributed by atoms with Crippen molar-refractivity contribution in [1.29, 1.82) is 0 Å². The fourth-order valence-corrected chi connectivity index (χ4v) is 2.48. The molecule has 0 atom stereocenters. The fraction of sp³-hybridized carbons (Fsp3) is 0.417. The number of thiazole rings is 1. The number of nitrogen functional groups attached to an aromatic ring is 1. The Morgan fingerprint density at radius 1 is 1.33 bits per heavy atom. The van der Waals surface area contributed by atoms with Gasteiger partial charge in [-0.3, -0.25) is 0 Å². The molecule has 0 aliphatic carbocycles. The maximum Gasteiger partial charge on any atom is 0.143 e. The number of nitrogens with two attached hydrogens (primary N) is 1. The molecule has 0 aliphatic heterocycles. The van der Waals surface area contributed by atoms with Crippen molar-refractivity contribution in [2.75, 3.05) is 5.43 Å². The third-order valence-electron chi connectivity index (χ3n) is 2.46. The van der Waals surface area contributed by atoms with Crippen LogP contribution in [0.25, 0.3) is 0 Å².